The van der Waals surface area contributed by atoms with E-state index >= 15 is 0 Å². The highest BCUT2D eigenvalue weighted by Gasteiger charge is 2.09. The molecule has 2 amide bonds. The number of aryl methyl sites for hydroxylation is 1. The molecule has 1 aromatic carbocycles. The van der Waals surface area contributed by atoms with E-state index in [1.807, 2.05) is 0 Å². The van der Waals surface area contributed by atoms with Crippen LogP contribution in [0.25, 0.3) is 5.69 Å². The summed E-state index contributed by atoms with van der Waals surface area (Å²) in [4.78, 5) is 39.2. The van der Waals surface area contributed by atoms with Gasteiger partial charge in [0, 0.05) is 48.9 Å². The van der Waals surface area contributed by atoms with Crippen molar-refractivity contribution in [3.8, 4) is 5.69 Å². The van der Waals surface area contributed by atoms with Gasteiger partial charge in [0.2, 0.25) is 5.91 Å². The number of aromatic nitrogens is 3. The highest BCUT2D eigenvalue weighted by Crippen LogP contribution is 2.13. The molecular formula is C19H19N5O3. The number of carbonyl (C=O) groups excluding carboxylic acids is 2. The number of hydrogen-bond donors (Lipinski definition) is 2. The molecule has 3 N–H and O–H groups in total. The number of nitrogens with two attached hydrogens (primary N) is 1. The van der Waals surface area contributed by atoms with Crippen molar-refractivity contribution in [3.63, 3.8) is 0 Å². The molecular weight excluding hydrogens is 346 g/mol. The second-order valence-corrected chi connectivity index (χ2v) is 5.91. The standard InChI is InChI=1S/C19H19N5O3/c20-19(27)24-13-11-21-16(24)4-3-5-17(25)22-14-7-9-15(10-8-14)23-12-2-1-6-18(23)26/h1-2,6-13H,3-5H2,(H2,20,27)(H,22,25). The topological polar surface area (TPSA) is 112 Å². The van der Waals surface area contributed by atoms with E-state index in [0.717, 1.165) is 5.69 Å². The van der Waals surface area contributed by atoms with Gasteiger partial charge in [-0.15, -0.1) is 0 Å². The molecule has 8 nitrogen and oxygen atoms in total. The fourth-order valence-corrected chi connectivity index (χ4v) is 2.70. The van der Waals surface area contributed by atoms with E-state index in [0.29, 0.717) is 24.4 Å². The van der Waals surface area contributed by atoms with Crippen molar-refractivity contribution in [2.45, 2.75) is 19.3 Å². The Labute approximate surface area is 155 Å². The zero-order valence-corrected chi connectivity index (χ0v) is 14.5. The fourth-order valence-electron chi connectivity index (χ4n) is 2.70. The van der Waals surface area contributed by atoms with E-state index in [9.17, 15) is 14.4 Å². The number of carbonyl (C=O) groups is 2. The summed E-state index contributed by atoms with van der Waals surface area (Å²) in [7, 11) is 0. The van der Waals surface area contributed by atoms with Gasteiger partial charge in [-0.3, -0.25) is 18.7 Å². The van der Waals surface area contributed by atoms with Gasteiger partial charge in [0.15, 0.2) is 0 Å². The average Bonchev–Trinajstić information content (AvgIpc) is 3.12. The minimum absolute atomic E-state index is 0.122. The van der Waals surface area contributed by atoms with E-state index in [1.54, 1.807) is 42.6 Å². The summed E-state index contributed by atoms with van der Waals surface area (Å²) in [5.41, 5.74) is 6.48. The molecule has 0 aliphatic rings. The summed E-state index contributed by atoms with van der Waals surface area (Å²) in [6, 6.07) is 11.4. The van der Waals surface area contributed by atoms with Crippen LogP contribution < -0.4 is 16.6 Å². The summed E-state index contributed by atoms with van der Waals surface area (Å²) < 4.78 is 2.79. The van der Waals surface area contributed by atoms with Crippen molar-refractivity contribution in [2.24, 2.45) is 5.73 Å². The molecule has 0 spiro atoms. The highest BCUT2D eigenvalue weighted by atomic mass is 16.2. The van der Waals surface area contributed by atoms with Crippen LogP contribution in [-0.4, -0.2) is 26.1 Å². The van der Waals surface area contributed by atoms with E-state index in [2.05, 4.69) is 10.3 Å². The van der Waals surface area contributed by atoms with E-state index in [4.69, 9.17) is 5.73 Å². The maximum absolute atomic E-state index is 12.1. The van der Waals surface area contributed by atoms with Gasteiger partial charge >= 0.3 is 6.03 Å². The third-order valence-electron chi connectivity index (χ3n) is 4.01. The monoisotopic (exact) mass is 365 g/mol. The molecule has 0 bridgehead atoms. The molecule has 2 heterocycles. The van der Waals surface area contributed by atoms with Crippen LogP contribution >= 0.6 is 0 Å². The van der Waals surface area contributed by atoms with Gasteiger partial charge in [-0.25, -0.2) is 9.78 Å². The number of anilines is 1. The van der Waals surface area contributed by atoms with E-state index < -0.39 is 6.03 Å². The lowest BCUT2D eigenvalue weighted by molar-refractivity contribution is -0.116. The highest BCUT2D eigenvalue weighted by molar-refractivity contribution is 5.90. The summed E-state index contributed by atoms with van der Waals surface area (Å²) in [6.45, 7) is 0. The Bertz CT molecular complexity index is 1000. The first-order valence-electron chi connectivity index (χ1n) is 8.44. The quantitative estimate of drug-likeness (QED) is 0.695. The van der Waals surface area contributed by atoms with Crippen molar-refractivity contribution < 1.29 is 9.59 Å². The Morgan fingerprint density at radius 1 is 1.07 bits per heavy atom. The predicted molar refractivity (Wildman–Crippen MR) is 101 cm³/mol. The fraction of sp³-hybridized carbons (Fsp3) is 0.158. The molecule has 0 fully saturated rings. The molecule has 0 saturated carbocycles. The first-order valence-corrected chi connectivity index (χ1v) is 8.44. The van der Waals surface area contributed by atoms with E-state index in [1.165, 1.54) is 27.6 Å². The second kappa shape index (κ2) is 8.13. The molecule has 8 heteroatoms. The van der Waals surface area contributed by atoms with Crippen LogP contribution in [0.2, 0.25) is 0 Å². The largest absolute Gasteiger partial charge is 0.351 e. The van der Waals surface area contributed by atoms with Crippen LogP contribution in [-0.2, 0) is 11.2 Å². The van der Waals surface area contributed by atoms with Gasteiger partial charge < -0.3 is 11.1 Å². The zero-order valence-electron chi connectivity index (χ0n) is 14.5. The lowest BCUT2D eigenvalue weighted by atomic mass is 10.2. The number of nitrogens with zero attached hydrogens (tertiary/aromatic N) is 3. The van der Waals surface area contributed by atoms with Crippen LogP contribution in [0, 0.1) is 0 Å². The molecule has 0 radical (unpaired) electrons. The van der Waals surface area contributed by atoms with Crippen LogP contribution in [0.15, 0.2) is 65.8 Å². The maximum atomic E-state index is 12.1. The molecule has 3 aromatic rings. The van der Waals surface area contributed by atoms with Crippen LogP contribution in [0.1, 0.15) is 18.7 Å². The summed E-state index contributed by atoms with van der Waals surface area (Å²) >= 11 is 0. The van der Waals surface area contributed by atoms with Crippen molar-refractivity contribution in [3.05, 3.63) is 77.2 Å². The van der Waals surface area contributed by atoms with Gasteiger partial charge in [-0.05, 0) is 36.8 Å². The summed E-state index contributed by atoms with van der Waals surface area (Å²) in [5.74, 6) is 0.393. The predicted octanol–water partition coefficient (Wildman–Crippen LogP) is 1.92. The number of rotatable bonds is 6. The number of primary amides is 1. The first kappa shape index (κ1) is 18.1. The molecule has 27 heavy (non-hydrogen) atoms. The first-order chi connectivity index (χ1) is 13.0. The molecule has 3 rings (SSSR count). The molecule has 2 aromatic heterocycles. The molecule has 138 valence electrons. The molecule has 0 aliphatic heterocycles. The van der Waals surface area contributed by atoms with Crippen LogP contribution in [0.4, 0.5) is 10.5 Å². The van der Waals surface area contributed by atoms with Gasteiger partial charge in [-0.2, -0.15) is 0 Å². The van der Waals surface area contributed by atoms with Crippen LogP contribution in [0.3, 0.4) is 0 Å². The lowest BCUT2D eigenvalue weighted by Gasteiger charge is -2.08. The Balaban J connectivity index is 1.54. The average molecular weight is 365 g/mol. The Kier molecular flexibility index (Phi) is 5.46. The third kappa shape index (κ3) is 4.49. The number of imidazole rings is 1. The molecule has 0 aliphatic carbocycles. The molecule has 0 atom stereocenters. The van der Waals surface area contributed by atoms with Crippen molar-refractivity contribution in [1.82, 2.24) is 14.1 Å². The lowest BCUT2D eigenvalue weighted by Crippen LogP contribution is -2.21. The third-order valence-corrected chi connectivity index (χ3v) is 4.01. The van der Waals surface area contributed by atoms with Crippen molar-refractivity contribution >= 4 is 17.6 Å². The number of amides is 2. The second-order valence-electron chi connectivity index (χ2n) is 5.91. The molecule has 0 unspecified atom stereocenters. The summed E-state index contributed by atoms with van der Waals surface area (Å²) in [6.07, 6.45) is 5.97. The molecule has 0 saturated heterocycles. The van der Waals surface area contributed by atoms with E-state index in [-0.39, 0.29) is 17.9 Å². The van der Waals surface area contributed by atoms with Crippen molar-refractivity contribution in [1.29, 1.82) is 0 Å². The Morgan fingerprint density at radius 2 is 1.85 bits per heavy atom. The number of pyridine rings is 1. The minimum Gasteiger partial charge on any atom is -0.351 e. The van der Waals surface area contributed by atoms with Gasteiger partial charge in [0.05, 0.1) is 0 Å². The van der Waals surface area contributed by atoms with Crippen LogP contribution in [0.5, 0.6) is 0 Å². The van der Waals surface area contributed by atoms with Gasteiger partial charge in [0.25, 0.3) is 5.56 Å². The Hall–Kier alpha value is -3.68. The Morgan fingerprint density at radius 3 is 2.56 bits per heavy atom. The number of nitrogens with one attached hydrogen (secondary N) is 1. The normalized spacial score (nSPS) is 10.5. The summed E-state index contributed by atoms with van der Waals surface area (Å²) in [5, 5.41) is 2.81. The zero-order chi connectivity index (χ0) is 19.2. The number of benzene rings is 1. The van der Waals surface area contributed by atoms with Crippen molar-refractivity contribution in [2.75, 3.05) is 5.32 Å². The smallest absolute Gasteiger partial charge is 0.324 e. The van der Waals surface area contributed by atoms with Gasteiger partial charge in [-0.1, -0.05) is 6.07 Å². The maximum Gasteiger partial charge on any atom is 0.324 e. The van der Waals surface area contributed by atoms with Gasteiger partial charge in [0.1, 0.15) is 5.82 Å². The SMILES string of the molecule is NC(=O)n1ccnc1CCCC(=O)Nc1ccc(-n2ccccc2=O)cc1. The number of hydrogen-bond acceptors (Lipinski definition) is 4. The minimum atomic E-state index is -0.593.